The van der Waals surface area contributed by atoms with Gasteiger partial charge in [0.1, 0.15) is 0 Å². The van der Waals surface area contributed by atoms with E-state index in [1.165, 1.54) is 19.3 Å². The predicted octanol–water partition coefficient (Wildman–Crippen LogP) is 2.40. The van der Waals surface area contributed by atoms with E-state index in [-0.39, 0.29) is 17.8 Å². The van der Waals surface area contributed by atoms with Crippen LogP contribution in [0.25, 0.3) is 0 Å². The quantitative estimate of drug-likeness (QED) is 0.831. The van der Waals surface area contributed by atoms with Crippen LogP contribution in [0.5, 0.6) is 0 Å². The number of nitrogens with zero attached hydrogens (tertiary/aromatic N) is 3. The summed E-state index contributed by atoms with van der Waals surface area (Å²) in [6.45, 7) is 4.47. The van der Waals surface area contributed by atoms with E-state index < -0.39 is 0 Å². The van der Waals surface area contributed by atoms with Gasteiger partial charge in [-0.15, -0.1) is 0 Å². The number of carbonyl (C=O) groups is 3. The Hall–Kier alpha value is -2.57. The van der Waals surface area contributed by atoms with Crippen molar-refractivity contribution in [3.05, 3.63) is 29.3 Å². The third-order valence-electron chi connectivity index (χ3n) is 6.39. The third-order valence-corrected chi connectivity index (χ3v) is 6.39. The monoisotopic (exact) mass is 398 g/mol. The van der Waals surface area contributed by atoms with Crippen LogP contribution >= 0.6 is 0 Å². The molecule has 0 radical (unpaired) electrons. The Morgan fingerprint density at radius 3 is 2.31 bits per heavy atom. The molecule has 7 nitrogen and oxygen atoms in total. The van der Waals surface area contributed by atoms with Crippen LogP contribution < -0.4 is 10.2 Å². The fourth-order valence-electron chi connectivity index (χ4n) is 4.67. The predicted molar refractivity (Wildman–Crippen MR) is 111 cm³/mol. The largest absolute Gasteiger partial charge is 0.335 e. The Labute approximate surface area is 172 Å². The van der Waals surface area contributed by atoms with Gasteiger partial charge < -0.3 is 20.0 Å². The maximum absolute atomic E-state index is 12.9. The van der Waals surface area contributed by atoms with Gasteiger partial charge in [0.05, 0.1) is 0 Å². The summed E-state index contributed by atoms with van der Waals surface area (Å²) in [7, 11) is 0. The van der Waals surface area contributed by atoms with E-state index in [1.54, 1.807) is 11.8 Å². The highest BCUT2D eigenvalue weighted by molar-refractivity contribution is 5.98. The first-order chi connectivity index (χ1) is 14.0. The molecule has 0 aromatic heterocycles. The normalized spacial score (nSPS) is 19.8. The number of urea groups is 1. The van der Waals surface area contributed by atoms with Crippen molar-refractivity contribution in [3.63, 3.8) is 0 Å². The highest BCUT2D eigenvalue weighted by atomic mass is 16.2. The first-order valence-corrected chi connectivity index (χ1v) is 10.8. The number of benzene rings is 1. The third kappa shape index (κ3) is 4.23. The molecular weight excluding hydrogens is 368 g/mol. The highest BCUT2D eigenvalue weighted by Gasteiger charge is 2.28. The molecule has 156 valence electrons. The first-order valence-electron chi connectivity index (χ1n) is 10.8. The number of hydrogen-bond acceptors (Lipinski definition) is 3. The second kappa shape index (κ2) is 8.43. The fourth-order valence-corrected chi connectivity index (χ4v) is 4.67. The molecular formula is C22H30N4O3. The van der Waals surface area contributed by atoms with Gasteiger partial charge in [-0.1, -0.05) is 19.3 Å². The van der Waals surface area contributed by atoms with Crippen LogP contribution in [0, 0.1) is 0 Å². The Balaban J connectivity index is 1.32. The van der Waals surface area contributed by atoms with Crippen LogP contribution in [0.1, 0.15) is 54.9 Å². The molecule has 1 saturated heterocycles. The van der Waals surface area contributed by atoms with Gasteiger partial charge in [0.2, 0.25) is 5.91 Å². The summed E-state index contributed by atoms with van der Waals surface area (Å²) in [5.74, 6) is 0.0341. The van der Waals surface area contributed by atoms with Crippen molar-refractivity contribution in [1.29, 1.82) is 0 Å². The van der Waals surface area contributed by atoms with Crippen molar-refractivity contribution in [1.82, 2.24) is 15.1 Å². The van der Waals surface area contributed by atoms with Crippen LogP contribution in [0.3, 0.4) is 0 Å². The number of nitrogens with one attached hydrogen (secondary N) is 1. The number of amides is 4. The number of piperazine rings is 1. The second-order valence-corrected chi connectivity index (χ2v) is 8.33. The summed E-state index contributed by atoms with van der Waals surface area (Å²) < 4.78 is 0. The topological polar surface area (TPSA) is 73.0 Å². The minimum Gasteiger partial charge on any atom is -0.335 e. The molecule has 1 aromatic rings. The molecule has 4 amide bonds. The van der Waals surface area contributed by atoms with Gasteiger partial charge in [0, 0.05) is 56.9 Å². The van der Waals surface area contributed by atoms with Gasteiger partial charge in [-0.3, -0.25) is 9.59 Å². The Morgan fingerprint density at radius 1 is 0.931 bits per heavy atom. The lowest BCUT2D eigenvalue weighted by molar-refractivity contribution is -0.116. The summed E-state index contributed by atoms with van der Waals surface area (Å²) in [6.07, 6.45) is 6.58. The summed E-state index contributed by atoms with van der Waals surface area (Å²) in [4.78, 5) is 42.5. The van der Waals surface area contributed by atoms with Gasteiger partial charge in [-0.05, 0) is 43.0 Å². The molecule has 7 heteroatoms. The maximum atomic E-state index is 12.9. The Morgan fingerprint density at radius 2 is 1.62 bits per heavy atom. The molecule has 1 N–H and O–H groups in total. The number of hydrogen-bond donors (Lipinski definition) is 1. The zero-order valence-corrected chi connectivity index (χ0v) is 17.2. The van der Waals surface area contributed by atoms with Gasteiger partial charge in [0.25, 0.3) is 5.91 Å². The molecule has 0 bridgehead atoms. The molecule has 1 aromatic carbocycles. The first kappa shape index (κ1) is 19.7. The lowest BCUT2D eigenvalue weighted by Crippen LogP contribution is -2.54. The molecule has 2 fully saturated rings. The molecule has 1 aliphatic carbocycles. The number of carbonyl (C=O) groups excluding carboxylic acids is 3. The Bertz CT molecular complexity index is 795. The molecule has 3 aliphatic rings. The van der Waals surface area contributed by atoms with E-state index in [1.807, 2.05) is 28.0 Å². The molecule has 0 atom stereocenters. The van der Waals surface area contributed by atoms with Crippen LogP contribution in [-0.2, 0) is 11.2 Å². The van der Waals surface area contributed by atoms with Crippen molar-refractivity contribution in [2.24, 2.45) is 0 Å². The number of fused-ring (bicyclic) bond motifs is 1. The smallest absolute Gasteiger partial charge is 0.317 e. The summed E-state index contributed by atoms with van der Waals surface area (Å²) in [6, 6.07) is 5.92. The van der Waals surface area contributed by atoms with Crippen molar-refractivity contribution >= 4 is 23.5 Å². The van der Waals surface area contributed by atoms with E-state index in [0.29, 0.717) is 44.3 Å². The molecule has 1 saturated carbocycles. The number of anilines is 1. The molecule has 0 spiro atoms. The standard InChI is InChI=1S/C22H30N4O3/c1-16(27)26-10-9-17-15-18(7-8-20(17)26)21(28)24-11-13-25(14-12-24)22(29)23-19-5-3-2-4-6-19/h7-8,15,19H,2-6,9-14H2,1H3,(H,23,29). The van der Waals surface area contributed by atoms with E-state index in [9.17, 15) is 14.4 Å². The summed E-state index contributed by atoms with van der Waals surface area (Å²) in [5.41, 5.74) is 2.63. The van der Waals surface area contributed by atoms with E-state index in [2.05, 4.69) is 5.32 Å². The van der Waals surface area contributed by atoms with E-state index in [0.717, 1.165) is 30.5 Å². The average Bonchev–Trinajstić information content (AvgIpc) is 3.17. The van der Waals surface area contributed by atoms with Gasteiger partial charge >= 0.3 is 6.03 Å². The van der Waals surface area contributed by atoms with Gasteiger partial charge in [-0.25, -0.2) is 4.79 Å². The van der Waals surface area contributed by atoms with Crippen LogP contribution in [0.15, 0.2) is 18.2 Å². The maximum Gasteiger partial charge on any atom is 0.317 e. The zero-order valence-electron chi connectivity index (χ0n) is 17.2. The van der Waals surface area contributed by atoms with E-state index >= 15 is 0 Å². The minimum absolute atomic E-state index is 0.00131. The van der Waals surface area contributed by atoms with Crippen molar-refractivity contribution < 1.29 is 14.4 Å². The summed E-state index contributed by atoms with van der Waals surface area (Å²) >= 11 is 0. The summed E-state index contributed by atoms with van der Waals surface area (Å²) in [5, 5.41) is 3.16. The van der Waals surface area contributed by atoms with Gasteiger partial charge in [0.15, 0.2) is 0 Å². The molecule has 29 heavy (non-hydrogen) atoms. The molecule has 0 unspecified atom stereocenters. The Kier molecular flexibility index (Phi) is 5.74. The van der Waals surface area contributed by atoms with Crippen molar-refractivity contribution in [3.8, 4) is 0 Å². The second-order valence-electron chi connectivity index (χ2n) is 8.33. The van der Waals surface area contributed by atoms with Gasteiger partial charge in [-0.2, -0.15) is 0 Å². The highest BCUT2D eigenvalue weighted by Crippen LogP contribution is 2.29. The number of rotatable bonds is 2. The minimum atomic E-state index is 0.00131. The van der Waals surface area contributed by atoms with Crippen molar-refractivity contribution in [2.75, 3.05) is 37.6 Å². The molecule has 4 rings (SSSR count). The molecule has 2 heterocycles. The SMILES string of the molecule is CC(=O)N1CCc2cc(C(=O)N3CCN(C(=O)NC4CCCCC4)CC3)ccc21. The molecule has 2 aliphatic heterocycles. The zero-order chi connectivity index (χ0) is 20.4. The van der Waals surface area contributed by atoms with Crippen LogP contribution in [0.4, 0.5) is 10.5 Å². The lowest BCUT2D eigenvalue weighted by atomic mass is 9.96. The van der Waals surface area contributed by atoms with Crippen LogP contribution in [-0.4, -0.2) is 66.4 Å². The van der Waals surface area contributed by atoms with Crippen LogP contribution in [0.2, 0.25) is 0 Å². The lowest BCUT2D eigenvalue weighted by Gasteiger charge is -2.36. The van der Waals surface area contributed by atoms with E-state index in [4.69, 9.17) is 0 Å². The average molecular weight is 399 g/mol. The van der Waals surface area contributed by atoms with Crippen molar-refractivity contribution in [2.45, 2.75) is 51.5 Å². The fraction of sp³-hybridized carbons (Fsp3) is 0.591.